The van der Waals surface area contributed by atoms with Gasteiger partial charge in [-0.05, 0) is 6.92 Å². The Kier molecular flexibility index (Phi) is 6.48. The van der Waals surface area contributed by atoms with E-state index in [0.717, 1.165) is 0 Å². The van der Waals surface area contributed by atoms with E-state index in [2.05, 4.69) is 10.1 Å². The van der Waals surface area contributed by atoms with Crippen molar-refractivity contribution in [2.75, 3.05) is 20.3 Å². The zero-order valence-electron chi connectivity index (χ0n) is 7.99. The van der Waals surface area contributed by atoms with E-state index in [-0.39, 0.29) is 25.0 Å². The maximum atomic E-state index is 10.7. The highest BCUT2D eigenvalue weighted by molar-refractivity contribution is 5.69. The van der Waals surface area contributed by atoms with Gasteiger partial charge in [0.2, 0.25) is 0 Å². The van der Waals surface area contributed by atoms with Gasteiger partial charge in [0.15, 0.2) is 0 Å². The van der Waals surface area contributed by atoms with Crippen LogP contribution in [0.5, 0.6) is 0 Å². The number of hydrogen-bond acceptors (Lipinski definition) is 5. The van der Waals surface area contributed by atoms with E-state index >= 15 is 0 Å². The average Bonchev–Trinajstić information content (AvgIpc) is 2.11. The lowest BCUT2D eigenvalue weighted by Gasteiger charge is -2.18. The molecule has 0 aromatic carbocycles. The first-order valence-corrected chi connectivity index (χ1v) is 4.21. The van der Waals surface area contributed by atoms with E-state index in [1.165, 1.54) is 7.11 Å². The minimum absolute atomic E-state index is 0.154. The lowest BCUT2D eigenvalue weighted by molar-refractivity contribution is -0.140. The molecule has 0 aromatic rings. The van der Waals surface area contributed by atoms with Crippen LogP contribution in [0.4, 0.5) is 0 Å². The number of carbonyl (C=O) groups is 1. The van der Waals surface area contributed by atoms with E-state index in [1.807, 2.05) is 0 Å². The Labute approximate surface area is 77.7 Å². The van der Waals surface area contributed by atoms with Crippen molar-refractivity contribution in [3.63, 3.8) is 0 Å². The summed E-state index contributed by atoms with van der Waals surface area (Å²) in [7, 11) is 1.32. The highest BCUT2D eigenvalue weighted by atomic mass is 16.5. The van der Waals surface area contributed by atoms with Gasteiger partial charge in [-0.1, -0.05) is 0 Å². The monoisotopic (exact) mass is 191 g/mol. The highest BCUT2D eigenvalue weighted by Crippen LogP contribution is 1.91. The predicted octanol–water partition coefficient (Wildman–Crippen LogP) is -1.12. The summed E-state index contributed by atoms with van der Waals surface area (Å²) in [5.41, 5.74) is 0. The fraction of sp³-hybridized carbons (Fsp3) is 0.875. The molecule has 0 aliphatic heterocycles. The molecule has 0 saturated heterocycles. The van der Waals surface area contributed by atoms with Gasteiger partial charge in [-0.2, -0.15) is 0 Å². The maximum absolute atomic E-state index is 10.7. The molecule has 0 heterocycles. The summed E-state index contributed by atoms with van der Waals surface area (Å²) in [5, 5.41) is 20.7. The molecule has 13 heavy (non-hydrogen) atoms. The standard InChI is InChI=1S/C8H17NO4/c1-6(11)7(5-10)9-4-3-8(12)13-2/h6-7,9-11H,3-5H2,1-2H3/t6-,7-/m1/s1. The van der Waals surface area contributed by atoms with Crippen molar-refractivity contribution in [1.29, 1.82) is 0 Å². The van der Waals surface area contributed by atoms with Crippen LogP contribution >= 0.6 is 0 Å². The zero-order chi connectivity index (χ0) is 10.3. The first kappa shape index (κ1) is 12.3. The minimum Gasteiger partial charge on any atom is -0.469 e. The zero-order valence-corrected chi connectivity index (χ0v) is 7.99. The molecule has 3 N–H and O–H groups in total. The molecule has 0 saturated carbocycles. The van der Waals surface area contributed by atoms with Crippen LogP contribution in [-0.4, -0.2) is 48.6 Å². The van der Waals surface area contributed by atoms with Crippen molar-refractivity contribution in [2.24, 2.45) is 0 Å². The van der Waals surface area contributed by atoms with Gasteiger partial charge >= 0.3 is 5.97 Å². The lowest BCUT2D eigenvalue weighted by atomic mass is 10.2. The van der Waals surface area contributed by atoms with Gasteiger partial charge in [0.25, 0.3) is 0 Å². The quantitative estimate of drug-likeness (QED) is 0.463. The topological polar surface area (TPSA) is 78.8 Å². The Balaban J connectivity index is 3.55. The van der Waals surface area contributed by atoms with Gasteiger partial charge in [0, 0.05) is 6.54 Å². The molecule has 78 valence electrons. The number of nitrogens with one attached hydrogen (secondary N) is 1. The molecule has 0 aliphatic carbocycles. The molecule has 5 heteroatoms. The fourth-order valence-electron chi connectivity index (χ4n) is 0.849. The van der Waals surface area contributed by atoms with Crippen LogP contribution in [0.2, 0.25) is 0 Å². The molecule has 2 atom stereocenters. The van der Waals surface area contributed by atoms with Gasteiger partial charge in [-0.25, -0.2) is 0 Å². The van der Waals surface area contributed by atoms with Crippen molar-refractivity contribution < 1.29 is 19.7 Å². The van der Waals surface area contributed by atoms with Gasteiger partial charge < -0.3 is 20.3 Å². The first-order valence-electron chi connectivity index (χ1n) is 4.21. The number of carbonyl (C=O) groups excluding carboxylic acids is 1. The smallest absolute Gasteiger partial charge is 0.306 e. The highest BCUT2D eigenvalue weighted by Gasteiger charge is 2.12. The van der Waals surface area contributed by atoms with E-state index in [4.69, 9.17) is 10.2 Å². The van der Waals surface area contributed by atoms with Crippen LogP contribution in [0, 0.1) is 0 Å². The summed E-state index contributed by atoms with van der Waals surface area (Å²) in [5.74, 6) is -0.310. The summed E-state index contributed by atoms with van der Waals surface area (Å²) in [6.45, 7) is 1.81. The Morgan fingerprint density at radius 3 is 2.62 bits per heavy atom. The molecule has 0 spiro atoms. The van der Waals surface area contributed by atoms with Crippen LogP contribution < -0.4 is 5.32 Å². The Bertz CT molecular complexity index is 149. The third-order valence-corrected chi connectivity index (χ3v) is 1.74. The molecule has 0 bridgehead atoms. The van der Waals surface area contributed by atoms with Gasteiger partial charge in [0.05, 0.1) is 32.3 Å². The molecular formula is C8H17NO4. The van der Waals surface area contributed by atoms with E-state index < -0.39 is 6.10 Å². The second-order valence-electron chi connectivity index (χ2n) is 2.81. The molecule has 0 aromatic heterocycles. The number of ether oxygens (including phenoxy) is 1. The predicted molar refractivity (Wildman–Crippen MR) is 47.2 cm³/mol. The van der Waals surface area contributed by atoms with Crippen LogP contribution in [-0.2, 0) is 9.53 Å². The van der Waals surface area contributed by atoms with E-state index in [1.54, 1.807) is 6.92 Å². The van der Waals surface area contributed by atoms with Gasteiger partial charge in [-0.3, -0.25) is 4.79 Å². The van der Waals surface area contributed by atoms with Gasteiger partial charge in [-0.15, -0.1) is 0 Å². The lowest BCUT2D eigenvalue weighted by Crippen LogP contribution is -2.42. The van der Waals surface area contributed by atoms with Crippen molar-refractivity contribution in [1.82, 2.24) is 5.32 Å². The van der Waals surface area contributed by atoms with Crippen molar-refractivity contribution >= 4 is 5.97 Å². The normalized spacial score (nSPS) is 15.1. The molecule has 0 amide bonds. The van der Waals surface area contributed by atoms with Crippen LogP contribution in [0.15, 0.2) is 0 Å². The van der Waals surface area contributed by atoms with Crippen LogP contribution in [0.25, 0.3) is 0 Å². The number of hydrogen-bond donors (Lipinski definition) is 3. The summed E-state index contributed by atoms with van der Waals surface area (Å²) >= 11 is 0. The molecular weight excluding hydrogens is 174 g/mol. The fourth-order valence-corrected chi connectivity index (χ4v) is 0.849. The number of esters is 1. The van der Waals surface area contributed by atoms with Gasteiger partial charge in [0.1, 0.15) is 0 Å². The number of aliphatic hydroxyl groups is 2. The molecule has 0 aliphatic rings. The molecule has 0 unspecified atom stereocenters. The largest absolute Gasteiger partial charge is 0.469 e. The van der Waals surface area contributed by atoms with Crippen molar-refractivity contribution in [3.8, 4) is 0 Å². The number of aliphatic hydroxyl groups excluding tert-OH is 2. The summed E-state index contributed by atoms with van der Waals surface area (Å²) in [6, 6.07) is -0.385. The molecule has 0 fully saturated rings. The molecule has 0 radical (unpaired) electrons. The third-order valence-electron chi connectivity index (χ3n) is 1.74. The van der Waals surface area contributed by atoms with Crippen molar-refractivity contribution in [3.05, 3.63) is 0 Å². The number of methoxy groups -OCH3 is 1. The van der Waals surface area contributed by atoms with Crippen LogP contribution in [0.3, 0.4) is 0 Å². The van der Waals surface area contributed by atoms with E-state index in [9.17, 15) is 4.79 Å². The molecule has 5 nitrogen and oxygen atoms in total. The second-order valence-corrected chi connectivity index (χ2v) is 2.81. The maximum Gasteiger partial charge on any atom is 0.306 e. The van der Waals surface area contributed by atoms with Crippen LogP contribution in [0.1, 0.15) is 13.3 Å². The molecule has 0 rings (SSSR count). The summed E-state index contributed by atoms with van der Waals surface area (Å²) < 4.78 is 4.42. The Hall–Kier alpha value is -0.650. The second kappa shape index (κ2) is 6.82. The Morgan fingerprint density at radius 2 is 2.23 bits per heavy atom. The third kappa shape index (κ3) is 5.57. The summed E-state index contributed by atoms with van der Waals surface area (Å²) in [6.07, 6.45) is -0.401. The Morgan fingerprint density at radius 1 is 1.62 bits per heavy atom. The summed E-state index contributed by atoms with van der Waals surface area (Å²) in [4.78, 5) is 10.7. The average molecular weight is 191 g/mol. The number of rotatable bonds is 6. The van der Waals surface area contributed by atoms with Crippen molar-refractivity contribution in [2.45, 2.75) is 25.5 Å². The van der Waals surface area contributed by atoms with E-state index in [0.29, 0.717) is 6.54 Å². The first-order chi connectivity index (χ1) is 6.11. The minimum atomic E-state index is -0.636. The SMILES string of the molecule is COC(=O)CCN[C@H](CO)[C@@H](C)O.